The van der Waals surface area contributed by atoms with E-state index in [9.17, 15) is 9.90 Å². The van der Waals surface area contributed by atoms with Crippen LogP contribution >= 0.6 is 0 Å². The minimum Gasteiger partial charge on any atom is -0.393 e. The van der Waals surface area contributed by atoms with Crippen molar-refractivity contribution < 1.29 is 14.6 Å². The lowest BCUT2D eigenvalue weighted by molar-refractivity contribution is -0.152. The lowest BCUT2D eigenvalue weighted by Gasteiger charge is -2.60. The molecule has 4 aliphatic carbocycles. The summed E-state index contributed by atoms with van der Waals surface area (Å²) in [7, 11) is 1.72. The zero-order chi connectivity index (χ0) is 17.1. The molecule has 0 heterocycles. The summed E-state index contributed by atoms with van der Waals surface area (Å²) < 4.78 is 5.36. The quantitative estimate of drug-likeness (QED) is 0.835. The van der Waals surface area contributed by atoms with Crippen molar-refractivity contribution in [3.63, 3.8) is 0 Å². The second-order valence-corrected chi connectivity index (χ2v) is 9.82. The van der Waals surface area contributed by atoms with E-state index in [4.69, 9.17) is 4.74 Å². The Morgan fingerprint density at radius 1 is 1.08 bits per heavy atom. The Kier molecular flexibility index (Phi) is 4.12. The zero-order valence-corrected chi connectivity index (χ0v) is 15.6. The fraction of sp³-hybridized carbons (Fsp3) is 0.952. The van der Waals surface area contributed by atoms with Crippen molar-refractivity contribution in [2.24, 2.45) is 40.4 Å². The monoisotopic (exact) mass is 334 g/mol. The molecule has 0 amide bonds. The first-order chi connectivity index (χ1) is 11.4. The molecule has 4 saturated carbocycles. The van der Waals surface area contributed by atoms with Gasteiger partial charge in [0.1, 0.15) is 5.78 Å². The average Bonchev–Trinajstić information content (AvgIpc) is 2.85. The van der Waals surface area contributed by atoms with Gasteiger partial charge in [0.2, 0.25) is 0 Å². The molecular formula is C21H34O3. The summed E-state index contributed by atoms with van der Waals surface area (Å²) in [6.07, 6.45) is 8.82. The molecule has 24 heavy (non-hydrogen) atoms. The molecule has 0 radical (unpaired) electrons. The number of ether oxygens (including phenoxy) is 1. The van der Waals surface area contributed by atoms with Crippen LogP contribution in [0.4, 0.5) is 0 Å². The van der Waals surface area contributed by atoms with Crippen molar-refractivity contribution in [3.8, 4) is 0 Å². The smallest absolute Gasteiger partial charge is 0.138 e. The molecule has 4 fully saturated rings. The van der Waals surface area contributed by atoms with Crippen LogP contribution in [-0.2, 0) is 9.53 Å². The topological polar surface area (TPSA) is 46.5 Å². The van der Waals surface area contributed by atoms with Crippen molar-refractivity contribution in [3.05, 3.63) is 0 Å². The third kappa shape index (κ3) is 2.26. The second kappa shape index (κ2) is 5.81. The van der Waals surface area contributed by atoms with Gasteiger partial charge in [-0.2, -0.15) is 0 Å². The standard InChI is InChI=1S/C21H34O3/c1-20-9-8-17-15(16(20)6-7-19(20)23)5-4-14-10-18(22)13(12-24-3)11-21(14,17)2/h13-17,19,23H,4-12H2,1-3H3/t13-,14-,15+,16+,17+,19+,20+,21+/m1/s1. The summed E-state index contributed by atoms with van der Waals surface area (Å²) in [5.74, 6) is 3.33. The normalized spacial score (nSPS) is 54.1. The molecule has 136 valence electrons. The number of fused-ring (bicyclic) bond motifs is 5. The number of hydrogen-bond donors (Lipinski definition) is 1. The molecule has 4 aliphatic rings. The molecule has 1 N–H and O–H groups in total. The molecule has 0 aromatic carbocycles. The molecule has 0 unspecified atom stereocenters. The van der Waals surface area contributed by atoms with Gasteiger partial charge in [0.25, 0.3) is 0 Å². The number of carbonyl (C=O) groups excluding carboxylic acids is 1. The van der Waals surface area contributed by atoms with E-state index >= 15 is 0 Å². The summed E-state index contributed by atoms with van der Waals surface area (Å²) in [6.45, 7) is 5.42. The predicted octanol–water partition coefficient (Wildman–Crippen LogP) is 3.83. The largest absolute Gasteiger partial charge is 0.393 e. The molecule has 0 aromatic heterocycles. The number of hydrogen-bond acceptors (Lipinski definition) is 3. The SMILES string of the molecule is COC[C@H]1C[C@@]2(C)[C@H](CC[C@@H]3[C@@H]2CC[C@]2(C)[C@@H](O)CC[C@@H]32)CC1=O. The molecule has 0 saturated heterocycles. The van der Waals surface area contributed by atoms with Crippen LogP contribution in [-0.4, -0.2) is 30.7 Å². The molecule has 3 heteroatoms. The van der Waals surface area contributed by atoms with E-state index in [2.05, 4.69) is 13.8 Å². The van der Waals surface area contributed by atoms with Gasteiger partial charge in [-0.15, -0.1) is 0 Å². The number of Topliss-reactive ketones (excluding diaryl/α,β-unsaturated/α-hetero) is 1. The molecular weight excluding hydrogens is 300 g/mol. The average molecular weight is 335 g/mol. The van der Waals surface area contributed by atoms with Crippen LogP contribution < -0.4 is 0 Å². The summed E-state index contributed by atoms with van der Waals surface area (Å²) in [5, 5.41) is 10.6. The lowest BCUT2D eigenvalue weighted by atomic mass is 9.44. The van der Waals surface area contributed by atoms with Crippen molar-refractivity contribution in [1.82, 2.24) is 0 Å². The maximum atomic E-state index is 12.5. The first kappa shape index (κ1) is 17.0. The number of rotatable bonds is 2. The van der Waals surface area contributed by atoms with Crippen LogP contribution in [0, 0.1) is 40.4 Å². The predicted molar refractivity (Wildman–Crippen MR) is 93.5 cm³/mol. The third-order valence-corrected chi connectivity index (χ3v) is 8.97. The fourth-order valence-corrected chi connectivity index (χ4v) is 7.57. The highest BCUT2D eigenvalue weighted by molar-refractivity contribution is 5.82. The van der Waals surface area contributed by atoms with E-state index in [1.54, 1.807) is 7.11 Å². The third-order valence-electron chi connectivity index (χ3n) is 8.97. The van der Waals surface area contributed by atoms with Crippen molar-refractivity contribution in [2.75, 3.05) is 13.7 Å². The first-order valence-corrected chi connectivity index (χ1v) is 10.1. The number of ketones is 1. The first-order valence-electron chi connectivity index (χ1n) is 10.1. The number of methoxy groups -OCH3 is 1. The van der Waals surface area contributed by atoms with E-state index < -0.39 is 0 Å². The van der Waals surface area contributed by atoms with E-state index in [-0.39, 0.29) is 17.4 Å². The minimum absolute atomic E-state index is 0.0943. The summed E-state index contributed by atoms with van der Waals surface area (Å²) >= 11 is 0. The maximum absolute atomic E-state index is 12.5. The van der Waals surface area contributed by atoms with Gasteiger partial charge in [-0.1, -0.05) is 13.8 Å². The highest BCUT2D eigenvalue weighted by Crippen LogP contribution is 2.66. The van der Waals surface area contributed by atoms with Gasteiger partial charge in [0.15, 0.2) is 0 Å². The van der Waals surface area contributed by atoms with Gasteiger partial charge in [-0.3, -0.25) is 4.79 Å². The molecule has 0 aromatic rings. The molecule has 0 aliphatic heterocycles. The van der Waals surface area contributed by atoms with Crippen LogP contribution in [0.25, 0.3) is 0 Å². The van der Waals surface area contributed by atoms with Crippen LogP contribution in [0.1, 0.15) is 65.2 Å². The number of carbonyl (C=O) groups is 1. The Hall–Kier alpha value is -0.410. The molecule has 4 rings (SSSR count). The Labute approximate surface area is 146 Å². The van der Waals surface area contributed by atoms with Crippen LogP contribution in [0.15, 0.2) is 0 Å². The zero-order valence-electron chi connectivity index (χ0n) is 15.6. The van der Waals surface area contributed by atoms with Gasteiger partial charge in [-0.25, -0.2) is 0 Å². The van der Waals surface area contributed by atoms with Gasteiger partial charge in [0, 0.05) is 19.4 Å². The van der Waals surface area contributed by atoms with Crippen LogP contribution in [0.3, 0.4) is 0 Å². The van der Waals surface area contributed by atoms with Gasteiger partial charge >= 0.3 is 0 Å². The second-order valence-electron chi connectivity index (χ2n) is 9.82. The van der Waals surface area contributed by atoms with E-state index in [0.717, 1.165) is 31.1 Å². The highest BCUT2D eigenvalue weighted by Gasteiger charge is 2.60. The summed E-state index contributed by atoms with van der Waals surface area (Å²) in [6, 6.07) is 0. The van der Waals surface area contributed by atoms with Crippen LogP contribution in [0.5, 0.6) is 0 Å². The molecule has 0 bridgehead atoms. The van der Waals surface area contributed by atoms with Gasteiger partial charge in [-0.05, 0) is 79.4 Å². The summed E-state index contributed by atoms with van der Waals surface area (Å²) in [5.41, 5.74) is 0.454. The Bertz CT molecular complexity index is 517. The van der Waals surface area contributed by atoms with E-state index in [1.165, 1.54) is 32.1 Å². The lowest BCUT2D eigenvalue weighted by Crippen LogP contribution is -2.55. The van der Waals surface area contributed by atoms with Gasteiger partial charge < -0.3 is 9.84 Å². The fourth-order valence-electron chi connectivity index (χ4n) is 7.57. The van der Waals surface area contributed by atoms with Crippen molar-refractivity contribution >= 4 is 5.78 Å². The van der Waals surface area contributed by atoms with E-state index in [0.29, 0.717) is 29.6 Å². The number of aliphatic hydroxyl groups excluding tert-OH is 1. The summed E-state index contributed by atoms with van der Waals surface area (Å²) in [4.78, 5) is 12.5. The number of aliphatic hydroxyl groups is 1. The molecule has 8 atom stereocenters. The Balaban J connectivity index is 1.61. The van der Waals surface area contributed by atoms with Crippen molar-refractivity contribution in [2.45, 2.75) is 71.3 Å². The Morgan fingerprint density at radius 2 is 1.83 bits per heavy atom. The van der Waals surface area contributed by atoms with Crippen molar-refractivity contribution in [1.29, 1.82) is 0 Å². The Morgan fingerprint density at radius 3 is 2.58 bits per heavy atom. The van der Waals surface area contributed by atoms with E-state index in [1.807, 2.05) is 0 Å². The maximum Gasteiger partial charge on any atom is 0.138 e. The molecule has 3 nitrogen and oxygen atoms in total. The van der Waals surface area contributed by atoms with Crippen LogP contribution in [0.2, 0.25) is 0 Å². The van der Waals surface area contributed by atoms with Gasteiger partial charge in [0.05, 0.1) is 12.7 Å². The highest BCUT2D eigenvalue weighted by atomic mass is 16.5. The molecule has 0 spiro atoms. The minimum atomic E-state index is -0.0943.